The molecule has 5 nitrogen and oxygen atoms in total. The predicted molar refractivity (Wildman–Crippen MR) is 72.1 cm³/mol. The third-order valence-electron chi connectivity index (χ3n) is 3.08. The highest BCUT2D eigenvalue weighted by Gasteiger charge is 2.22. The van der Waals surface area contributed by atoms with Crippen molar-refractivity contribution >= 4 is 21.6 Å². The molecule has 0 bridgehead atoms. The molecule has 7 heteroatoms. The zero-order valence-electron chi connectivity index (χ0n) is 10.9. The van der Waals surface area contributed by atoms with Gasteiger partial charge in [0.25, 0.3) is 10.0 Å². The van der Waals surface area contributed by atoms with Crippen LogP contribution in [0.25, 0.3) is 0 Å². The maximum atomic E-state index is 12.0. The van der Waals surface area contributed by atoms with E-state index in [1.54, 1.807) is 7.05 Å². The van der Waals surface area contributed by atoms with Crippen molar-refractivity contribution in [1.82, 2.24) is 14.5 Å². The minimum Gasteiger partial charge on any atom is -0.256 e. The van der Waals surface area contributed by atoms with E-state index < -0.39 is 10.0 Å². The Morgan fingerprint density at radius 1 is 1.44 bits per heavy atom. The normalized spacial score (nSPS) is 14.1. The number of aryl methyl sites for hydroxylation is 1. The molecule has 0 fully saturated rings. The lowest BCUT2D eigenvalue weighted by atomic mass is 9.99. The van der Waals surface area contributed by atoms with Crippen molar-refractivity contribution in [1.29, 1.82) is 0 Å². The molecule has 0 aliphatic carbocycles. The van der Waals surface area contributed by atoms with Crippen LogP contribution in [-0.2, 0) is 17.1 Å². The molecule has 1 N–H and O–H groups in total. The highest BCUT2D eigenvalue weighted by molar-refractivity contribution is 7.89. The fraction of sp³-hybridized carbons (Fsp3) is 0.727. The Kier molecular flexibility index (Phi) is 5.62. The summed E-state index contributed by atoms with van der Waals surface area (Å²) in [7, 11) is -1.94. The molecule has 0 amide bonds. The van der Waals surface area contributed by atoms with E-state index in [1.165, 1.54) is 16.9 Å². The summed E-state index contributed by atoms with van der Waals surface area (Å²) in [4.78, 5) is 0. The van der Waals surface area contributed by atoms with Crippen LogP contribution < -0.4 is 4.72 Å². The Hall–Kier alpha value is -0.590. The van der Waals surface area contributed by atoms with Crippen LogP contribution in [0.3, 0.4) is 0 Å². The van der Waals surface area contributed by atoms with Crippen LogP contribution in [0.1, 0.15) is 26.7 Å². The summed E-state index contributed by atoms with van der Waals surface area (Å²) in [5, 5.41) is 3.80. The van der Waals surface area contributed by atoms with E-state index in [4.69, 9.17) is 11.6 Å². The Balaban J connectivity index is 2.66. The van der Waals surface area contributed by atoms with Gasteiger partial charge in [0, 0.05) is 19.0 Å². The van der Waals surface area contributed by atoms with Gasteiger partial charge in [-0.1, -0.05) is 26.7 Å². The number of nitrogens with one attached hydrogen (secondary N) is 1. The van der Waals surface area contributed by atoms with Crippen LogP contribution in [0.15, 0.2) is 17.3 Å². The summed E-state index contributed by atoms with van der Waals surface area (Å²) in [6.07, 6.45) is 3.34. The molecule has 1 heterocycles. The standard InChI is InChI=1S/C11H20ClN3O2S/c1-4-9(5-2)10(12)8-14-18(16,17)11-6-7-13-15(11)3/h6-7,9-10,14H,4-5,8H2,1-3H3. The summed E-state index contributed by atoms with van der Waals surface area (Å²) in [5.41, 5.74) is 0. The van der Waals surface area contributed by atoms with E-state index in [-0.39, 0.29) is 16.9 Å². The fourth-order valence-electron chi connectivity index (χ4n) is 1.86. The van der Waals surface area contributed by atoms with Crippen LogP contribution >= 0.6 is 11.6 Å². The zero-order valence-corrected chi connectivity index (χ0v) is 12.5. The first-order chi connectivity index (χ1) is 8.42. The molecule has 0 aromatic carbocycles. The zero-order chi connectivity index (χ0) is 13.8. The number of nitrogens with zero attached hydrogens (tertiary/aromatic N) is 2. The van der Waals surface area contributed by atoms with Crippen molar-refractivity contribution in [3.8, 4) is 0 Å². The Morgan fingerprint density at radius 3 is 2.50 bits per heavy atom. The lowest BCUT2D eigenvalue weighted by molar-refractivity contribution is 0.459. The molecular formula is C11H20ClN3O2S. The van der Waals surface area contributed by atoms with Gasteiger partial charge in [-0.25, -0.2) is 13.1 Å². The first-order valence-corrected chi connectivity index (χ1v) is 7.96. The number of hydrogen-bond donors (Lipinski definition) is 1. The van der Waals surface area contributed by atoms with Gasteiger partial charge in [-0.15, -0.1) is 11.6 Å². The average molecular weight is 294 g/mol. The van der Waals surface area contributed by atoms with Gasteiger partial charge in [0.2, 0.25) is 0 Å². The second-order valence-corrected chi connectivity index (χ2v) is 6.51. The number of halogens is 1. The SMILES string of the molecule is CCC(CC)C(Cl)CNS(=O)(=O)c1ccnn1C. The third-order valence-corrected chi connectivity index (χ3v) is 5.09. The van der Waals surface area contributed by atoms with E-state index in [1.807, 2.05) is 0 Å². The van der Waals surface area contributed by atoms with Crippen molar-refractivity contribution in [3.05, 3.63) is 12.3 Å². The van der Waals surface area contributed by atoms with E-state index in [2.05, 4.69) is 23.7 Å². The molecule has 1 unspecified atom stereocenters. The topological polar surface area (TPSA) is 64.0 Å². The Labute approximate surface area is 114 Å². The minimum absolute atomic E-state index is 0.149. The molecule has 0 saturated carbocycles. The summed E-state index contributed by atoms with van der Waals surface area (Å²) in [6, 6.07) is 1.46. The molecule has 1 atom stereocenters. The first kappa shape index (κ1) is 15.5. The molecule has 1 rings (SSSR count). The van der Waals surface area contributed by atoms with Crippen LogP contribution in [0.5, 0.6) is 0 Å². The summed E-state index contributed by atoms with van der Waals surface area (Å²) < 4.78 is 27.8. The van der Waals surface area contributed by atoms with E-state index in [0.717, 1.165) is 12.8 Å². The highest BCUT2D eigenvalue weighted by Crippen LogP contribution is 2.18. The number of rotatable bonds is 7. The van der Waals surface area contributed by atoms with Gasteiger partial charge in [0.05, 0.1) is 6.20 Å². The molecule has 0 radical (unpaired) electrons. The minimum atomic E-state index is -3.53. The Bertz CT molecular complexity index is 468. The smallest absolute Gasteiger partial charge is 0.256 e. The van der Waals surface area contributed by atoms with E-state index in [9.17, 15) is 8.42 Å². The maximum Gasteiger partial charge on any atom is 0.257 e. The van der Waals surface area contributed by atoms with E-state index >= 15 is 0 Å². The van der Waals surface area contributed by atoms with Crippen LogP contribution in [-0.4, -0.2) is 30.1 Å². The molecule has 18 heavy (non-hydrogen) atoms. The highest BCUT2D eigenvalue weighted by atomic mass is 35.5. The van der Waals surface area contributed by atoms with Crippen molar-refractivity contribution in [2.24, 2.45) is 13.0 Å². The van der Waals surface area contributed by atoms with E-state index in [0.29, 0.717) is 5.92 Å². The quantitative estimate of drug-likeness (QED) is 0.779. The van der Waals surface area contributed by atoms with Gasteiger partial charge in [-0.05, 0) is 12.0 Å². The molecule has 0 spiro atoms. The predicted octanol–water partition coefficient (Wildman–Crippen LogP) is 1.74. The number of hydrogen-bond acceptors (Lipinski definition) is 3. The molecule has 0 saturated heterocycles. The summed E-state index contributed by atoms with van der Waals surface area (Å²) in [6.45, 7) is 4.35. The molecule has 104 valence electrons. The molecule has 0 aliphatic rings. The third kappa shape index (κ3) is 3.70. The summed E-state index contributed by atoms with van der Waals surface area (Å²) in [5.74, 6) is 0.320. The van der Waals surface area contributed by atoms with Crippen molar-refractivity contribution in [2.45, 2.75) is 37.1 Å². The molecule has 1 aromatic rings. The lowest BCUT2D eigenvalue weighted by Crippen LogP contribution is -2.34. The van der Waals surface area contributed by atoms with Gasteiger partial charge in [0.1, 0.15) is 0 Å². The second-order valence-electron chi connectivity index (χ2n) is 4.24. The van der Waals surface area contributed by atoms with Crippen molar-refractivity contribution in [2.75, 3.05) is 6.54 Å². The van der Waals surface area contributed by atoms with Crippen molar-refractivity contribution < 1.29 is 8.42 Å². The molecular weight excluding hydrogens is 274 g/mol. The van der Waals surface area contributed by atoms with Crippen LogP contribution in [0.4, 0.5) is 0 Å². The first-order valence-electron chi connectivity index (χ1n) is 6.04. The number of alkyl halides is 1. The second kappa shape index (κ2) is 6.54. The fourth-order valence-corrected chi connectivity index (χ4v) is 3.56. The summed E-state index contributed by atoms with van der Waals surface area (Å²) >= 11 is 6.20. The maximum absolute atomic E-state index is 12.0. The molecule has 0 aliphatic heterocycles. The van der Waals surface area contributed by atoms with Crippen LogP contribution in [0.2, 0.25) is 0 Å². The number of sulfonamides is 1. The van der Waals surface area contributed by atoms with Crippen molar-refractivity contribution in [3.63, 3.8) is 0 Å². The van der Waals surface area contributed by atoms with Gasteiger partial charge < -0.3 is 0 Å². The Morgan fingerprint density at radius 2 is 2.06 bits per heavy atom. The lowest BCUT2D eigenvalue weighted by Gasteiger charge is -2.19. The van der Waals surface area contributed by atoms with Gasteiger partial charge in [-0.3, -0.25) is 4.68 Å². The van der Waals surface area contributed by atoms with Gasteiger partial charge >= 0.3 is 0 Å². The van der Waals surface area contributed by atoms with Gasteiger partial charge in [0.15, 0.2) is 5.03 Å². The van der Waals surface area contributed by atoms with Crippen LogP contribution in [0, 0.1) is 5.92 Å². The number of aromatic nitrogens is 2. The monoisotopic (exact) mass is 293 g/mol. The average Bonchev–Trinajstić information content (AvgIpc) is 2.75. The van der Waals surface area contributed by atoms with Gasteiger partial charge in [-0.2, -0.15) is 5.10 Å². The molecule has 1 aromatic heterocycles. The largest absolute Gasteiger partial charge is 0.257 e.